The van der Waals surface area contributed by atoms with E-state index in [1.54, 1.807) is 4.90 Å². The molecular formula is C12H22N2O5S. The fourth-order valence-corrected chi connectivity index (χ4v) is 3.60. The van der Waals surface area contributed by atoms with Crippen LogP contribution >= 0.6 is 0 Å². The number of hydrogen-bond acceptors (Lipinski definition) is 5. The predicted octanol–water partition coefficient (Wildman–Crippen LogP) is -1.12. The molecule has 0 saturated carbocycles. The van der Waals surface area contributed by atoms with Crippen LogP contribution in [-0.2, 0) is 19.6 Å². The molecule has 1 amide bonds. The topological polar surface area (TPSA) is 87.2 Å². The Morgan fingerprint density at radius 3 is 2.50 bits per heavy atom. The van der Waals surface area contributed by atoms with E-state index in [1.165, 1.54) is 10.6 Å². The molecule has 0 aromatic rings. The Bertz CT molecular complexity index is 445. The molecule has 2 heterocycles. The van der Waals surface area contributed by atoms with Gasteiger partial charge in [-0.25, -0.2) is 12.7 Å². The molecule has 2 fully saturated rings. The average molecular weight is 306 g/mol. The Morgan fingerprint density at radius 2 is 1.95 bits per heavy atom. The lowest BCUT2D eigenvalue weighted by Gasteiger charge is -2.36. The van der Waals surface area contributed by atoms with Gasteiger partial charge in [0, 0.05) is 32.1 Å². The maximum atomic E-state index is 12.4. The van der Waals surface area contributed by atoms with Crippen molar-refractivity contribution in [3.63, 3.8) is 0 Å². The van der Waals surface area contributed by atoms with Crippen LogP contribution in [-0.4, -0.2) is 80.4 Å². The Labute approximate surface area is 119 Å². The Kier molecular flexibility index (Phi) is 5.00. The third-order valence-corrected chi connectivity index (χ3v) is 5.23. The number of piperidine rings is 1. The molecule has 1 unspecified atom stereocenters. The van der Waals surface area contributed by atoms with E-state index in [1.807, 2.05) is 0 Å². The number of ether oxygens (including phenoxy) is 1. The van der Waals surface area contributed by atoms with Gasteiger partial charge in [0.25, 0.3) is 0 Å². The summed E-state index contributed by atoms with van der Waals surface area (Å²) in [7, 11) is -3.16. The van der Waals surface area contributed by atoms with Crippen LogP contribution in [0.3, 0.4) is 0 Å². The van der Waals surface area contributed by atoms with E-state index in [4.69, 9.17) is 9.84 Å². The zero-order chi connectivity index (χ0) is 14.8. The van der Waals surface area contributed by atoms with Crippen LogP contribution in [0.2, 0.25) is 0 Å². The van der Waals surface area contributed by atoms with Crippen LogP contribution in [0, 0.1) is 5.92 Å². The van der Waals surface area contributed by atoms with Gasteiger partial charge < -0.3 is 14.7 Å². The average Bonchev–Trinajstić information content (AvgIpc) is 2.46. The van der Waals surface area contributed by atoms with Crippen LogP contribution in [0.4, 0.5) is 0 Å². The first-order valence-electron chi connectivity index (χ1n) is 6.88. The summed E-state index contributed by atoms with van der Waals surface area (Å²) in [6.45, 7) is 2.13. The highest BCUT2D eigenvalue weighted by Crippen LogP contribution is 2.22. The molecule has 2 saturated heterocycles. The number of amides is 1. The lowest BCUT2D eigenvalue weighted by atomic mass is 9.96. The van der Waals surface area contributed by atoms with Crippen LogP contribution in [0.5, 0.6) is 0 Å². The monoisotopic (exact) mass is 306 g/mol. The van der Waals surface area contributed by atoms with E-state index >= 15 is 0 Å². The molecule has 0 spiro atoms. The Hall–Kier alpha value is -0.700. The number of nitrogens with zero attached hydrogens (tertiary/aromatic N) is 2. The SMILES string of the molecule is CS(=O)(=O)N1CCC(C(=O)N2CCOC(CO)C2)CC1. The van der Waals surface area contributed by atoms with Crippen molar-refractivity contribution < 1.29 is 23.1 Å². The molecule has 116 valence electrons. The number of morpholine rings is 1. The first kappa shape index (κ1) is 15.7. The van der Waals surface area contributed by atoms with Crippen molar-refractivity contribution in [1.82, 2.24) is 9.21 Å². The lowest BCUT2D eigenvalue weighted by molar-refractivity contribution is -0.145. The minimum atomic E-state index is -3.16. The van der Waals surface area contributed by atoms with E-state index < -0.39 is 10.0 Å². The molecule has 2 aliphatic rings. The first-order valence-corrected chi connectivity index (χ1v) is 8.73. The largest absolute Gasteiger partial charge is 0.394 e. The van der Waals surface area contributed by atoms with Crippen molar-refractivity contribution in [2.24, 2.45) is 5.92 Å². The summed E-state index contributed by atoms with van der Waals surface area (Å²) in [6.07, 6.45) is 2.02. The second kappa shape index (κ2) is 6.38. The van der Waals surface area contributed by atoms with Gasteiger partial charge in [0.2, 0.25) is 15.9 Å². The smallest absolute Gasteiger partial charge is 0.225 e. The standard InChI is InChI=1S/C12H22N2O5S/c1-20(17,18)14-4-2-10(3-5-14)12(16)13-6-7-19-11(8-13)9-15/h10-11,15H,2-9H2,1H3. The van der Waals surface area contributed by atoms with Crippen molar-refractivity contribution in [3.05, 3.63) is 0 Å². The van der Waals surface area contributed by atoms with E-state index in [0.29, 0.717) is 45.6 Å². The molecule has 2 aliphatic heterocycles. The highest BCUT2D eigenvalue weighted by Gasteiger charge is 2.33. The van der Waals surface area contributed by atoms with Crippen molar-refractivity contribution >= 4 is 15.9 Å². The summed E-state index contributed by atoms with van der Waals surface area (Å²) in [5, 5.41) is 9.09. The van der Waals surface area contributed by atoms with Crippen LogP contribution in [0.25, 0.3) is 0 Å². The second-order valence-corrected chi connectivity index (χ2v) is 7.38. The zero-order valence-corrected chi connectivity index (χ0v) is 12.5. The minimum absolute atomic E-state index is 0.0555. The Balaban J connectivity index is 1.88. The molecule has 0 aromatic carbocycles. The molecule has 1 atom stereocenters. The minimum Gasteiger partial charge on any atom is -0.394 e. The summed E-state index contributed by atoms with van der Waals surface area (Å²) in [5.74, 6) is -0.0645. The van der Waals surface area contributed by atoms with Crippen LogP contribution < -0.4 is 0 Å². The van der Waals surface area contributed by atoms with E-state index in [0.717, 1.165) is 0 Å². The molecule has 7 nitrogen and oxygen atoms in total. The highest BCUT2D eigenvalue weighted by atomic mass is 32.2. The van der Waals surface area contributed by atoms with Gasteiger partial charge in [0.1, 0.15) is 0 Å². The predicted molar refractivity (Wildman–Crippen MR) is 72.5 cm³/mol. The first-order chi connectivity index (χ1) is 9.41. The number of carbonyl (C=O) groups is 1. The van der Waals surface area contributed by atoms with E-state index in [2.05, 4.69) is 0 Å². The summed E-state index contributed by atoms with van der Waals surface area (Å²) >= 11 is 0. The number of aliphatic hydroxyl groups is 1. The summed E-state index contributed by atoms with van der Waals surface area (Å²) < 4.78 is 29.6. The number of hydrogen-bond donors (Lipinski definition) is 1. The van der Waals surface area contributed by atoms with Crippen LogP contribution in [0.1, 0.15) is 12.8 Å². The van der Waals surface area contributed by atoms with Gasteiger partial charge in [-0.05, 0) is 12.8 Å². The van der Waals surface area contributed by atoms with E-state index in [-0.39, 0.29) is 24.5 Å². The van der Waals surface area contributed by atoms with Crippen molar-refractivity contribution in [2.45, 2.75) is 18.9 Å². The molecule has 2 rings (SSSR count). The molecule has 0 bridgehead atoms. The van der Waals surface area contributed by atoms with Gasteiger partial charge >= 0.3 is 0 Å². The van der Waals surface area contributed by atoms with Crippen molar-refractivity contribution in [3.8, 4) is 0 Å². The fourth-order valence-electron chi connectivity index (χ4n) is 2.72. The van der Waals surface area contributed by atoms with Crippen LogP contribution in [0.15, 0.2) is 0 Å². The molecule has 8 heteroatoms. The maximum Gasteiger partial charge on any atom is 0.225 e. The van der Waals surface area contributed by atoms with Gasteiger partial charge in [0.05, 0.1) is 25.6 Å². The molecule has 1 N–H and O–H groups in total. The van der Waals surface area contributed by atoms with Gasteiger partial charge in [-0.2, -0.15) is 0 Å². The van der Waals surface area contributed by atoms with Crippen molar-refractivity contribution in [2.75, 3.05) is 45.6 Å². The quantitative estimate of drug-likeness (QED) is 0.713. The number of carbonyl (C=O) groups excluding carboxylic acids is 1. The third kappa shape index (κ3) is 3.69. The summed E-state index contributed by atoms with van der Waals surface area (Å²) in [4.78, 5) is 14.1. The summed E-state index contributed by atoms with van der Waals surface area (Å²) in [6, 6.07) is 0. The molecule has 0 aliphatic carbocycles. The third-order valence-electron chi connectivity index (χ3n) is 3.93. The number of rotatable bonds is 3. The maximum absolute atomic E-state index is 12.4. The highest BCUT2D eigenvalue weighted by molar-refractivity contribution is 7.88. The molecular weight excluding hydrogens is 284 g/mol. The van der Waals surface area contributed by atoms with Gasteiger partial charge in [-0.15, -0.1) is 0 Å². The van der Waals surface area contributed by atoms with Crippen molar-refractivity contribution in [1.29, 1.82) is 0 Å². The second-order valence-electron chi connectivity index (χ2n) is 5.40. The normalized spacial score (nSPS) is 26.7. The van der Waals surface area contributed by atoms with Gasteiger partial charge in [-0.3, -0.25) is 4.79 Å². The molecule has 20 heavy (non-hydrogen) atoms. The lowest BCUT2D eigenvalue weighted by Crippen LogP contribution is -2.50. The fraction of sp³-hybridized carbons (Fsp3) is 0.917. The summed E-state index contributed by atoms with van der Waals surface area (Å²) in [5.41, 5.74) is 0. The number of aliphatic hydroxyl groups excluding tert-OH is 1. The zero-order valence-electron chi connectivity index (χ0n) is 11.7. The molecule has 0 radical (unpaired) electrons. The molecule has 0 aromatic heterocycles. The van der Waals surface area contributed by atoms with Gasteiger partial charge in [-0.1, -0.05) is 0 Å². The van der Waals surface area contributed by atoms with Gasteiger partial charge in [0.15, 0.2) is 0 Å². The van der Waals surface area contributed by atoms with E-state index in [9.17, 15) is 13.2 Å². The number of sulfonamides is 1. The Morgan fingerprint density at radius 1 is 1.30 bits per heavy atom.